The van der Waals surface area contributed by atoms with Gasteiger partial charge in [-0.15, -0.1) is 34.0 Å². The minimum atomic E-state index is -0.114. The highest BCUT2D eigenvalue weighted by Crippen LogP contribution is 2.56. The van der Waals surface area contributed by atoms with Crippen LogP contribution in [0.5, 0.6) is 0 Å². The SMILES string of the molecule is CC1(C)c2ccccc2-c2ccc(N(c3ccc(-c4ccc(-c5ccc(-c6ccc(-c7ccc(N(c8ccc9c(c8)C(C)(C)c8ccccc8-9)c8ccc9c(c8)C(C)(C)c8ccccc8-9)cc7)s6)s5)s4)cc3)c3ccc4c(c3)C(C)(C)c3ccccc3-4)cc21. The van der Waals surface area contributed by atoms with Crippen LogP contribution >= 0.6 is 34.0 Å². The predicted octanol–water partition coefficient (Wildman–Crippen LogP) is 24.7. The van der Waals surface area contributed by atoms with Gasteiger partial charge in [0.15, 0.2) is 0 Å². The maximum Gasteiger partial charge on any atom is 0.0465 e. The zero-order chi connectivity index (χ0) is 60.3. The Morgan fingerprint density at radius 2 is 0.416 bits per heavy atom. The topological polar surface area (TPSA) is 6.48 Å². The van der Waals surface area contributed by atoms with Crippen LogP contribution in [0.3, 0.4) is 0 Å². The highest BCUT2D eigenvalue weighted by atomic mass is 32.1. The van der Waals surface area contributed by atoms with Gasteiger partial charge in [-0.1, -0.05) is 201 Å². The normalized spacial score (nSPS) is 15.1. The quantitative estimate of drug-likeness (QED) is 0.135. The molecular weight excluding hydrogens is 1130 g/mol. The zero-order valence-electron chi connectivity index (χ0n) is 51.4. The zero-order valence-corrected chi connectivity index (χ0v) is 53.8. The summed E-state index contributed by atoms with van der Waals surface area (Å²) in [6.45, 7) is 19.0. The summed E-state index contributed by atoms with van der Waals surface area (Å²) in [5, 5.41) is 0. The van der Waals surface area contributed by atoms with Crippen molar-refractivity contribution in [2.75, 3.05) is 9.80 Å². The van der Waals surface area contributed by atoms with Crippen molar-refractivity contribution in [2.45, 2.75) is 77.0 Å². The molecule has 4 aliphatic carbocycles. The van der Waals surface area contributed by atoms with Crippen LogP contribution in [0.15, 0.2) is 255 Å². The van der Waals surface area contributed by atoms with Gasteiger partial charge < -0.3 is 9.80 Å². The van der Waals surface area contributed by atoms with E-state index in [1.165, 1.54) is 152 Å². The number of rotatable bonds is 10. The third-order valence-electron chi connectivity index (χ3n) is 20.4. The number of nitrogens with zero attached hydrogens (tertiary/aromatic N) is 2. The molecule has 0 bridgehead atoms. The van der Waals surface area contributed by atoms with Crippen molar-refractivity contribution >= 4 is 68.1 Å². The molecule has 10 aromatic carbocycles. The van der Waals surface area contributed by atoms with Gasteiger partial charge in [0.2, 0.25) is 0 Å². The lowest BCUT2D eigenvalue weighted by molar-refractivity contribution is 0.659. The average Bonchev–Trinajstić information content (AvgIpc) is 1.70. The van der Waals surface area contributed by atoms with Crippen molar-refractivity contribution in [2.24, 2.45) is 0 Å². The molecule has 0 saturated heterocycles. The second-order valence-electron chi connectivity index (χ2n) is 26.9. The lowest BCUT2D eigenvalue weighted by Gasteiger charge is -2.30. The molecule has 3 heterocycles. The van der Waals surface area contributed by atoms with E-state index in [0.717, 1.165) is 11.4 Å². The van der Waals surface area contributed by atoms with Crippen LogP contribution in [0.1, 0.15) is 99.9 Å². The van der Waals surface area contributed by atoms with Crippen LogP contribution in [0.25, 0.3) is 84.9 Å². The summed E-state index contributed by atoms with van der Waals surface area (Å²) >= 11 is 5.63. The van der Waals surface area contributed by atoms with E-state index < -0.39 is 0 Å². The first kappa shape index (κ1) is 54.1. The van der Waals surface area contributed by atoms with E-state index in [-0.39, 0.29) is 21.7 Å². The Hall–Kier alpha value is -9.10. The fourth-order valence-corrected chi connectivity index (χ4v) is 18.8. The first-order chi connectivity index (χ1) is 43.1. The van der Waals surface area contributed by atoms with Crippen molar-refractivity contribution < 1.29 is 0 Å². The smallest absolute Gasteiger partial charge is 0.0465 e. The lowest BCUT2D eigenvalue weighted by atomic mass is 9.82. The Labute approximate surface area is 535 Å². The van der Waals surface area contributed by atoms with Crippen LogP contribution in [0.2, 0.25) is 0 Å². The van der Waals surface area contributed by atoms with Gasteiger partial charge in [0.25, 0.3) is 0 Å². The second-order valence-corrected chi connectivity index (χ2v) is 30.1. The maximum absolute atomic E-state index is 2.47. The minimum Gasteiger partial charge on any atom is -0.310 e. The summed E-state index contributed by atoms with van der Waals surface area (Å²) in [4.78, 5) is 12.6. The Balaban J connectivity index is 0.651. The number of anilines is 6. The van der Waals surface area contributed by atoms with Crippen molar-refractivity contribution in [1.82, 2.24) is 0 Å². The third kappa shape index (κ3) is 8.24. The van der Waals surface area contributed by atoms with Crippen molar-refractivity contribution in [3.05, 3.63) is 299 Å². The van der Waals surface area contributed by atoms with Crippen LogP contribution in [0, 0.1) is 0 Å². The van der Waals surface area contributed by atoms with E-state index in [2.05, 4.69) is 320 Å². The molecule has 3 aromatic heterocycles. The molecule has 2 nitrogen and oxygen atoms in total. The maximum atomic E-state index is 2.47. The van der Waals surface area contributed by atoms with E-state index >= 15 is 0 Å². The fraction of sp³-hybridized carbons (Fsp3) is 0.143. The van der Waals surface area contributed by atoms with E-state index in [9.17, 15) is 0 Å². The number of hydrogen-bond acceptors (Lipinski definition) is 5. The van der Waals surface area contributed by atoms with Gasteiger partial charge in [-0.2, -0.15) is 0 Å². The molecule has 0 saturated carbocycles. The number of hydrogen-bond donors (Lipinski definition) is 0. The highest BCUT2D eigenvalue weighted by molar-refractivity contribution is 7.28. The number of fused-ring (bicyclic) bond motifs is 12. The first-order valence-corrected chi connectivity index (χ1v) is 33.7. The monoisotopic (exact) mass is 1200 g/mol. The number of benzene rings is 10. The molecule has 89 heavy (non-hydrogen) atoms. The van der Waals surface area contributed by atoms with Crippen molar-refractivity contribution in [1.29, 1.82) is 0 Å². The summed E-state index contributed by atoms with van der Waals surface area (Å²) in [5.74, 6) is 0. The van der Waals surface area contributed by atoms with Crippen molar-refractivity contribution in [3.8, 4) is 84.9 Å². The molecule has 0 atom stereocenters. The molecule has 17 rings (SSSR count). The molecule has 4 aliphatic rings. The molecular formula is C84H66N2S3. The molecule has 0 radical (unpaired) electrons. The van der Waals surface area contributed by atoms with Gasteiger partial charge in [0.05, 0.1) is 0 Å². The van der Waals surface area contributed by atoms with E-state index in [1.807, 2.05) is 34.0 Å². The predicted molar refractivity (Wildman–Crippen MR) is 381 cm³/mol. The molecule has 0 amide bonds. The Morgan fingerprint density at radius 1 is 0.202 bits per heavy atom. The van der Waals surface area contributed by atoms with E-state index in [0.29, 0.717) is 0 Å². The highest BCUT2D eigenvalue weighted by Gasteiger charge is 2.40. The molecule has 5 heteroatoms. The second kappa shape index (κ2) is 19.7. The molecule has 0 aliphatic heterocycles. The summed E-state index contributed by atoms with van der Waals surface area (Å²) in [7, 11) is 0. The van der Waals surface area contributed by atoms with Crippen molar-refractivity contribution in [3.63, 3.8) is 0 Å². The van der Waals surface area contributed by atoms with E-state index in [1.54, 1.807) is 0 Å². The minimum absolute atomic E-state index is 0.114. The van der Waals surface area contributed by atoms with Gasteiger partial charge >= 0.3 is 0 Å². The molecule has 0 fully saturated rings. The molecule has 0 N–H and O–H groups in total. The average molecular weight is 1200 g/mol. The summed E-state index contributed by atoms with van der Waals surface area (Å²) in [6, 6.07) is 96.6. The molecule has 13 aromatic rings. The molecule has 430 valence electrons. The first-order valence-electron chi connectivity index (χ1n) is 31.2. The summed E-state index contributed by atoms with van der Waals surface area (Å²) in [5.41, 5.74) is 30.6. The third-order valence-corrected chi connectivity index (χ3v) is 24.2. The molecule has 0 unspecified atom stereocenters. The lowest BCUT2D eigenvalue weighted by Crippen LogP contribution is -2.18. The van der Waals surface area contributed by atoms with Gasteiger partial charge in [-0.25, -0.2) is 0 Å². The van der Waals surface area contributed by atoms with Crippen LogP contribution < -0.4 is 9.80 Å². The van der Waals surface area contributed by atoms with Gasteiger partial charge in [0, 0.05) is 85.0 Å². The number of thiophene rings is 3. The van der Waals surface area contributed by atoms with Gasteiger partial charge in [-0.3, -0.25) is 0 Å². The molecule has 0 spiro atoms. The fourth-order valence-electron chi connectivity index (χ4n) is 15.6. The Kier molecular flexibility index (Phi) is 12.0. The Morgan fingerprint density at radius 3 is 0.685 bits per heavy atom. The van der Waals surface area contributed by atoms with Crippen LogP contribution in [-0.2, 0) is 21.7 Å². The summed E-state index contributed by atoms with van der Waals surface area (Å²) in [6.07, 6.45) is 0. The van der Waals surface area contributed by atoms with Gasteiger partial charge in [0.1, 0.15) is 0 Å². The largest absolute Gasteiger partial charge is 0.310 e. The summed E-state index contributed by atoms with van der Waals surface area (Å²) < 4.78 is 0. The Bertz CT molecular complexity index is 4510. The van der Waals surface area contributed by atoms with Gasteiger partial charge in [-0.05, 0) is 209 Å². The van der Waals surface area contributed by atoms with E-state index in [4.69, 9.17) is 0 Å². The van der Waals surface area contributed by atoms with Crippen LogP contribution in [-0.4, -0.2) is 0 Å². The van der Waals surface area contributed by atoms with Crippen LogP contribution in [0.4, 0.5) is 34.1 Å². The standard InChI is InChI=1S/C84H66N2S3/c1-81(2)67-21-13-9-17-59(67)63-37-33-55(47-71(63)81)85(56-34-38-64-60-18-10-14-22-68(60)82(3,4)72(64)48-56)53-29-25-51(26-30-53)75-41-43-77(87-75)79-45-46-80(89-79)78-44-42-76(88-78)52-27-31-54(32-28-52)86(57-35-39-65-61-19-11-15-23-69(61)83(5,6)73(65)49-57)58-36-40-66-62-20-12-16-24-70(62)84(7,8)74(66)50-58/h9-50H,1-8H3.